The quantitative estimate of drug-likeness (QED) is 0.938. The average molecular weight is 299 g/mol. The van der Waals surface area contributed by atoms with Crippen LogP contribution in [0.3, 0.4) is 0 Å². The first-order chi connectivity index (χ1) is 9.11. The summed E-state index contributed by atoms with van der Waals surface area (Å²) in [6.45, 7) is 1.85. The van der Waals surface area contributed by atoms with Crippen LogP contribution in [-0.4, -0.2) is 28.2 Å². The fourth-order valence-corrected chi connectivity index (χ4v) is 2.25. The summed E-state index contributed by atoms with van der Waals surface area (Å²) in [6, 6.07) is 1.54. The van der Waals surface area contributed by atoms with Crippen LogP contribution in [0.25, 0.3) is 0 Å². The number of carbonyl (C=O) groups excluding carboxylic acids is 1. The van der Waals surface area contributed by atoms with E-state index in [9.17, 15) is 4.79 Å². The number of nitrogens with one attached hydrogen (secondary N) is 1. The van der Waals surface area contributed by atoms with E-state index in [1.54, 1.807) is 7.11 Å². The molecule has 0 saturated carbocycles. The predicted molar refractivity (Wildman–Crippen MR) is 72.5 cm³/mol. The molecule has 8 heteroatoms. The highest BCUT2D eigenvalue weighted by atomic mass is 35.5. The molecule has 1 N–H and O–H groups in total. The van der Waals surface area contributed by atoms with Gasteiger partial charge in [0.25, 0.3) is 5.91 Å². The van der Waals surface area contributed by atoms with Crippen LogP contribution in [0.15, 0.2) is 18.5 Å². The number of hydrogen-bond acceptors (Lipinski definition) is 6. The molecule has 2 aromatic heterocycles. The molecule has 0 aromatic carbocycles. The SMILES string of the molecule is CO[C@@H](C)c1nnc(NC(=O)c2ccncc2Cl)s1. The Labute approximate surface area is 118 Å². The lowest BCUT2D eigenvalue weighted by Gasteiger charge is -2.03. The Bertz CT molecular complexity index is 590. The third-order valence-electron chi connectivity index (χ3n) is 2.38. The van der Waals surface area contributed by atoms with Crippen molar-refractivity contribution in [3.05, 3.63) is 34.1 Å². The molecule has 1 amide bonds. The fourth-order valence-electron chi connectivity index (χ4n) is 1.27. The van der Waals surface area contributed by atoms with Gasteiger partial charge in [-0.1, -0.05) is 22.9 Å². The lowest BCUT2D eigenvalue weighted by molar-refractivity contribution is 0.102. The molecule has 0 aliphatic carbocycles. The Balaban J connectivity index is 2.11. The first-order valence-corrected chi connectivity index (χ1v) is 6.58. The van der Waals surface area contributed by atoms with Gasteiger partial charge in [-0.15, -0.1) is 10.2 Å². The van der Waals surface area contributed by atoms with Crippen molar-refractivity contribution in [2.45, 2.75) is 13.0 Å². The van der Waals surface area contributed by atoms with Crippen LogP contribution in [0, 0.1) is 0 Å². The standard InChI is InChI=1S/C11H11ClN4O2S/c1-6(18-2)10-15-16-11(19-10)14-9(17)7-3-4-13-5-8(7)12/h3-6H,1-2H3,(H,14,16,17)/t6-/m0/s1. The molecule has 0 fully saturated rings. The van der Waals surface area contributed by atoms with Gasteiger partial charge in [0, 0.05) is 19.5 Å². The molecule has 0 spiro atoms. The van der Waals surface area contributed by atoms with E-state index in [0.717, 1.165) is 0 Å². The zero-order valence-corrected chi connectivity index (χ0v) is 11.8. The normalized spacial score (nSPS) is 12.2. The summed E-state index contributed by atoms with van der Waals surface area (Å²) < 4.78 is 5.12. The third kappa shape index (κ3) is 3.25. The van der Waals surface area contributed by atoms with E-state index in [4.69, 9.17) is 16.3 Å². The second-order valence-electron chi connectivity index (χ2n) is 3.63. The van der Waals surface area contributed by atoms with Crippen LogP contribution < -0.4 is 5.32 Å². The Morgan fingerprint density at radius 2 is 2.32 bits per heavy atom. The van der Waals surface area contributed by atoms with Crippen molar-refractivity contribution in [1.82, 2.24) is 15.2 Å². The van der Waals surface area contributed by atoms with E-state index in [1.807, 2.05) is 6.92 Å². The fraction of sp³-hybridized carbons (Fsp3) is 0.273. The number of aromatic nitrogens is 3. The Morgan fingerprint density at radius 1 is 1.53 bits per heavy atom. The van der Waals surface area contributed by atoms with Gasteiger partial charge in [0.2, 0.25) is 5.13 Å². The van der Waals surface area contributed by atoms with Gasteiger partial charge in [0.15, 0.2) is 0 Å². The number of halogens is 1. The number of rotatable bonds is 4. The molecule has 2 aromatic rings. The highest BCUT2D eigenvalue weighted by Gasteiger charge is 2.15. The maximum Gasteiger partial charge on any atom is 0.259 e. The Hall–Kier alpha value is -1.57. The van der Waals surface area contributed by atoms with Crippen molar-refractivity contribution in [2.75, 3.05) is 12.4 Å². The summed E-state index contributed by atoms with van der Waals surface area (Å²) in [5.74, 6) is -0.347. The third-order valence-corrected chi connectivity index (χ3v) is 3.68. The van der Waals surface area contributed by atoms with E-state index in [0.29, 0.717) is 15.7 Å². The second-order valence-corrected chi connectivity index (χ2v) is 5.05. The molecular formula is C11H11ClN4O2S. The van der Waals surface area contributed by atoms with Gasteiger partial charge in [0.1, 0.15) is 11.1 Å². The minimum absolute atomic E-state index is 0.160. The lowest BCUT2D eigenvalue weighted by Crippen LogP contribution is -2.12. The van der Waals surface area contributed by atoms with Gasteiger partial charge in [-0.3, -0.25) is 15.1 Å². The first kappa shape index (κ1) is 13.9. The van der Waals surface area contributed by atoms with E-state index >= 15 is 0 Å². The van der Waals surface area contributed by atoms with Gasteiger partial charge >= 0.3 is 0 Å². The lowest BCUT2D eigenvalue weighted by atomic mass is 10.2. The number of nitrogens with zero attached hydrogens (tertiary/aromatic N) is 3. The van der Waals surface area contributed by atoms with Crippen LogP contribution in [0.1, 0.15) is 28.4 Å². The van der Waals surface area contributed by atoms with Gasteiger partial charge in [0.05, 0.1) is 10.6 Å². The van der Waals surface area contributed by atoms with Crippen LogP contribution in [-0.2, 0) is 4.74 Å². The zero-order chi connectivity index (χ0) is 13.8. The maximum atomic E-state index is 12.0. The minimum atomic E-state index is -0.347. The predicted octanol–water partition coefficient (Wildman–Crippen LogP) is 2.55. The molecule has 0 aliphatic heterocycles. The number of methoxy groups -OCH3 is 1. The summed E-state index contributed by atoms with van der Waals surface area (Å²) in [4.78, 5) is 15.8. The van der Waals surface area contributed by atoms with Crippen molar-refractivity contribution in [1.29, 1.82) is 0 Å². The number of ether oxygens (including phenoxy) is 1. The van der Waals surface area contributed by atoms with Gasteiger partial charge < -0.3 is 4.74 Å². The summed E-state index contributed by atoms with van der Waals surface area (Å²) >= 11 is 7.14. The number of hydrogen-bond donors (Lipinski definition) is 1. The van der Waals surface area contributed by atoms with Crippen molar-refractivity contribution in [3.8, 4) is 0 Å². The maximum absolute atomic E-state index is 12.0. The largest absolute Gasteiger partial charge is 0.374 e. The molecule has 2 heterocycles. The second kappa shape index (κ2) is 6.05. The van der Waals surface area contributed by atoms with Crippen LogP contribution in [0.2, 0.25) is 5.02 Å². The highest BCUT2D eigenvalue weighted by Crippen LogP contribution is 2.24. The number of amides is 1. The first-order valence-electron chi connectivity index (χ1n) is 5.39. The molecule has 0 radical (unpaired) electrons. The molecule has 6 nitrogen and oxygen atoms in total. The van der Waals surface area contributed by atoms with Crippen LogP contribution in [0.4, 0.5) is 5.13 Å². The molecule has 100 valence electrons. The minimum Gasteiger partial charge on any atom is -0.374 e. The molecule has 2 rings (SSSR count). The molecule has 0 aliphatic rings. The average Bonchev–Trinajstić information content (AvgIpc) is 2.86. The van der Waals surface area contributed by atoms with Crippen LogP contribution in [0.5, 0.6) is 0 Å². The van der Waals surface area contributed by atoms with Crippen molar-refractivity contribution in [3.63, 3.8) is 0 Å². The van der Waals surface area contributed by atoms with Crippen LogP contribution >= 0.6 is 22.9 Å². The van der Waals surface area contributed by atoms with E-state index < -0.39 is 0 Å². The van der Waals surface area contributed by atoms with Gasteiger partial charge in [-0.2, -0.15) is 0 Å². The van der Waals surface area contributed by atoms with Crippen molar-refractivity contribution in [2.24, 2.45) is 0 Å². The van der Waals surface area contributed by atoms with Crippen molar-refractivity contribution >= 4 is 34.0 Å². The summed E-state index contributed by atoms with van der Waals surface area (Å²) in [7, 11) is 1.58. The molecule has 0 unspecified atom stereocenters. The Kier molecular flexibility index (Phi) is 4.41. The van der Waals surface area contributed by atoms with Gasteiger partial charge in [-0.05, 0) is 13.0 Å². The summed E-state index contributed by atoms with van der Waals surface area (Å²) in [5.41, 5.74) is 0.341. The number of anilines is 1. The number of carbonyl (C=O) groups is 1. The Morgan fingerprint density at radius 3 is 3.00 bits per heavy atom. The van der Waals surface area contributed by atoms with E-state index in [1.165, 1.54) is 29.8 Å². The monoisotopic (exact) mass is 298 g/mol. The number of pyridine rings is 1. The molecule has 1 atom stereocenters. The molecule has 19 heavy (non-hydrogen) atoms. The molecule has 0 saturated heterocycles. The van der Waals surface area contributed by atoms with E-state index in [2.05, 4.69) is 20.5 Å². The van der Waals surface area contributed by atoms with Gasteiger partial charge in [-0.25, -0.2) is 0 Å². The zero-order valence-electron chi connectivity index (χ0n) is 10.3. The summed E-state index contributed by atoms with van der Waals surface area (Å²) in [5, 5.41) is 11.8. The highest BCUT2D eigenvalue weighted by molar-refractivity contribution is 7.15. The van der Waals surface area contributed by atoms with E-state index in [-0.39, 0.29) is 17.0 Å². The molecule has 0 bridgehead atoms. The summed E-state index contributed by atoms with van der Waals surface area (Å²) in [6.07, 6.45) is 2.75. The topological polar surface area (TPSA) is 77.0 Å². The molecular weight excluding hydrogens is 288 g/mol. The smallest absolute Gasteiger partial charge is 0.259 e. The van der Waals surface area contributed by atoms with Crippen molar-refractivity contribution < 1.29 is 9.53 Å².